The van der Waals surface area contributed by atoms with Gasteiger partial charge < -0.3 is 5.73 Å². The number of fused-ring (bicyclic) bond motifs is 1. The molecule has 3 rings (SSSR count). The highest BCUT2D eigenvalue weighted by atomic mass is 15.2. The molecule has 2 heteroatoms. The van der Waals surface area contributed by atoms with E-state index >= 15 is 0 Å². The van der Waals surface area contributed by atoms with Crippen molar-refractivity contribution < 1.29 is 0 Å². The summed E-state index contributed by atoms with van der Waals surface area (Å²) in [6, 6.07) is 0. The second-order valence-corrected chi connectivity index (χ2v) is 8.00. The van der Waals surface area contributed by atoms with Crippen molar-refractivity contribution in [1.29, 1.82) is 0 Å². The SMILES string of the molecule is CC1CCCC(CN)(N2CCC3CCCCC3C2)CC1. The summed E-state index contributed by atoms with van der Waals surface area (Å²) < 4.78 is 0. The van der Waals surface area contributed by atoms with Crippen LogP contribution in [-0.2, 0) is 0 Å². The Kier molecular flexibility index (Phi) is 4.72. The van der Waals surface area contributed by atoms with Crippen LogP contribution in [0.2, 0.25) is 0 Å². The molecule has 0 aromatic carbocycles. The van der Waals surface area contributed by atoms with E-state index in [1.807, 2.05) is 0 Å². The fourth-order valence-electron chi connectivity index (χ4n) is 5.25. The predicted molar refractivity (Wildman–Crippen MR) is 85.7 cm³/mol. The Morgan fingerprint density at radius 3 is 2.55 bits per heavy atom. The maximum atomic E-state index is 6.31. The van der Waals surface area contributed by atoms with Crippen molar-refractivity contribution in [3.63, 3.8) is 0 Å². The van der Waals surface area contributed by atoms with Crippen LogP contribution in [0.3, 0.4) is 0 Å². The summed E-state index contributed by atoms with van der Waals surface area (Å²) in [5, 5.41) is 0. The van der Waals surface area contributed by atoms with Gasteiger partial charge in [0.15, 0.2) is 0 Å². The average molecular weight is 278 g/mol. The lowest BCUT2D eigenvalue weighted by molar-refractivity contribution is -0.00121. The largest absolute Gasteiger partial charge is 0.329 e. The van der Waals surface area contributed by atoms with Gasteiger partial charge in [-0.25, -0.2) is 0 Å². The van der Waals surface area contributed by atoms with Gasteiger partial charge in [-0.1, -0.05) is 39.0 Å². The molecule has 0 radical (unpaired) electrons. The van der Waals surface area contributed by atoms with E-state index in [1.54, 1.807) is 0 Å². The van der Waals surface area contributed by atoms with Gasteiger partial charge in [0.1, 0.15) is 0 Å². The van der Waals surface area contributed by atoms with Crippen LogP contribution in [0.4, 0.5) is 0 Å². The quantitative estimate of drug-likeness (QED) is 0.779. The Labute approximate surface area is 125 Å². The highest BCUT2D eigenvalue weighted by Crippen LogP contribution is 2.41. The van der Waals surface area contributed by atoms with Gasteiger partial charge in [-0.05, 0) is 56.4 Å². The maximum Gasteiger partial charge on any atom is 0.0331 e. The maximum absolute atomic E-state index is 6.31. The van der Waals surface area contributed by atoms with Gasteiger partial charge in [-0.2, -0.15) is 0 Å². The highest BCUT2D eigenvalue weighted by molar-refractivity contribution is 4.97. The molecule has 1 aliphatic heterocycles. The van der Waals surface area contributed by atoms with Gasteiger partial charge in [-0.15, -0.1) is 0 Å². The van der Waals surface area contributed by atoms with Crippen LogP contribution in [0.25, 0.3) is 0 Å². The summed E-state index contributed by atoms with van der Waals surface area (Å²) >= 11 is 0. The van der Waals surface area contributed by atoms with Gasteiger partial charge in [0.2, 0.25) is 0 Å². The first kappa shape index (κ1) is 14.8. The third kappa shape index (κ3) is 2.92. The summed E-state index contributed by atoms with van der Waals surface area (Å²) in [5.74, 6) is 2.94. The van der Waals surface area contributed by atoms with Crippen molar-refractivity contribution in [2.45, 2.75) is 76.7 Å². The van der Waals surface area contributed by atoms with Crippen LogP contribution >= 0.6 is 0 Å². The molecule has 20 heavy (non-hydrogen) atoms. The van der Waals surface area contributed by atoms with E-state index in [0.29, 0.717) is 5.54 Å². The number of rotatable bonds is 2. The van der Waals surface area contributed by atoms with Gasteiger partial charge in [0, 0.05) is 18.6 Å². The van der Waals surface area contributed by atoms with Crippen molar-refractivity contribution in [1.82, 2.24) is 4.90 Å². The van der Waals surface area contributed by atoms with E-state index in [9.17, 15) is 0 Å². The minimum atomic E-state index is 0.354. The molecule has 1 saturated heterocycles. The zero-order chi connectivity index (χ0) is 14.0. The first-order valence-electron chi connectivity index (χ1n) is 9.19. The Hall–Kier alpha value is -0.0800. The summed E-state index contributed by atoms with van der Waals surface area (Å²) in [6.07, 6.45) is 14.3. The molecule has 0 aromatic rings. The van der Waals surface area contributed by atoms with E-state index in [-0.39, 0.29) is 0 Å². The number of nitrogens with zero attached hydrogens (tertiary/aromatic N) is 1. The fourth-order valence-corrected chi connectivity index (χ4v) is 5.25. The lowest BCUT2D eigenvalue weighted by atomic mass is 9.73. The van der Waals surface area contributed by atoms with Crippen molar-refractivity contribution in [3.8, 4) is 0 Å². The molecule has 0 amide bonds. The Morgan fingerprint density at radius 1 is 0.950 bits per heavy atom. The first-order chi connectivity index (χ1) is 9.73. The molecular formula is C18H34N2. The molecule has 3 aliphatic rings. The van der Waals surface area contributed by atoms with E-state index in [4.69, 9.17) is 5.73 Å². The molecule has 2 N–H and O–H groups in total. The van der Waals surface area contributed by atoms with Crippen molar-refractivity contribution >= 4 is 0 Å². The van der Waals surface area contributed by atoms with Crippen LogP contribution in [0.5, 0.6) is 0 Å². The fraction of sp³-hybridized carbons (Fsp3) is 1.00. The van der Waals surface area contributed by atoms with Crippen molar-refractivity contribution in [2.75, 3.05) is 19.6 Å². The molecular weight excluding hydrogens is 244 g/mol. The van der Waals surface area contributed by atoms with E-state index < -0.39 is 0 Å². The van der Waals surface area contributed by atoms with Gasteiger partial charge in [0.25, 0.3) is 0 Å². The minimum Gasteiger partial charge on any atom is -0.329 e. The second kappa shape index (κ2) is 6.36. The molecule has 1 heterocycles. The minimum absolute atomic E-state index is 0.354. The Balaban J connectivity index is 1.69. The third-order valence-corrected chi connectivity index (χ3v) is 6.78. The zero-order valence-electron chi connectivity index (χ0n) is 13.4. The molecule has 2 saturated carbocycles. The number of likely N-dealkylation sites (tertiary alicyclic amines) is 1. The smallest absolute Gasteiger partial charge is 0.0331 e. The summed E-state index contributed by atoms with van der Waals surface area (Å²) in [6.45, 7) is 6.00. The molecule has 2 aliphatic carbocycles. The normalized spacial score (nSPS) is 43.8. The summed E-state index contributed by atoms with van der Waals surface area (Å²) in [7, 11) is 0. The summed E-state index contributed by atoms with van der Waals surface area (Å²) in [5.41, 5.74) is 6.66. The van der Waals surface area contributed by atoms with E-state index in [2.05, 4.69) is 11.8 Å². The van der Waals surface area contributed by atoms with Crippen LogP contribution in [0.15, 0.2) is 0 Å². The molecule has 116 valence electrons. The average Bonchev–Trinajstić information content (AvgIpc) is 2.69. The lowest BCUT2D eigenvalue weighted by Crippen LogP contribution is -2.58. The second-order valence-electron chi connectivity index (χ2n) is 8.00. The monoisotopic (exact) mass is 278 g/mol. The molecule has 3 fully saturated rings. The molecule has 4 unspecified atom stereocenters. The van der Waals surface area contributed by atoms with Crippen LogP contribution in [0.1, 0.15) is 71.1 Å². The molecule has 0 aromatic heterocycles. The van der Waals surface area contributed by atoms with Crippen molar-refractivity contribution in [2.24, 2.45) is 23.5 Å². The molecule has 4 atom stereocenters. The van der Waals surface area contributed by atoms with E-state index in [0.717, 1.165) is 24.3 Å². The standard InChI is InChI=1S/C18H34N2/c1-15-5-4-10-18(14-19,11-8-15)20-12-9-16-6-2-3-7-17(16)13-20/h15-17H,2-14,19H2,1H3. The molecule has 2 nitrogen and oxygen atoms in total. The number of hydrogen-bond acceptors (Lipinski definition) is 2. The topological polar surface area (TPSA) is 29.3 Å². The van der Waals surface area contributed by atoms with Gasteiger partial charge in [0.05, 0.1) is 0 Å². The van der Waals surface area contributed by atoms with Crippen LogP contribution in [-0.4, -0.2) is 30.1 Å². The first-order valence-corrected chi connectivity index (χ1v) is 9.19. The zero-order valence-corrected chi connectivity index (χ0v) is 13.4. The lowest BCUT2D eigenvalue weighted by Gasteiger charge is -2.50. The highest BCUT2D eigenvalue weighted by Gasteiger charge is 2.41. The number of nitrogens with two attached hydrogens (primary N) is 1. The third-order valence-electron chi connectivity index (χ3n) is 6.78. The van der Waals surface area contributed by atoms with Gasteiger partial charge >= 0.3 is 0 Å². The molecule has 0 spiro atoms. The van der Waals surface area contributed by atoms with Crippen molar-refractivity contribution in [3.05, 3.63) is 0 Å². The molecule has 0 bridgehead atoms. The number of hydrogen-bond donors (Lipinski definition) is 1. The van der Waals surface area contributed by atoms with Crippen LogP contribution in [0, 0.1) is 17.8 Å². The summed E-state index contributed by atoms with van der Waals surface area (Å²) in [4.78, 5) is 2.84. The predicted octanol–water partition coefficient (Wildman–Crippen LogP) is 3.80. The van der Waals surface area contributed by atoms with E-state index in [1.165, 1.54) is 77.3 Å². The number of piperidine rings is 1. The van der Waals surface area contributed by atoms with Gasteiger partial charge in [-0.3, -0.25) is 4.90 Å². The Bertz CT molecular complexity index is 317. The van der Waals surface area contributed by atoms with Crippen LogP contribution < -0.4 is 5.73 Å². The Morgan fingerprint density at radius 2 is 1.75 bits per heavy atom.